The van der Waals surface area contributed by atoms with E-state index in [0.29, 0.717) is 0 Å². The Morgan fingerprint density at radius 3 is 2.61 bits per heavy atom. The quantitative estimate of drug-likeness (QED) is 0.840. The number of carbonyl (C=O) groups excluding carboxylic acids is 1. The molecule has 18 heavy (non-hydrogen) atoms. The van der Waals surface area contributed by atoms with Crippen LogP contribution >= 0.6 is 11.3 Å². The van der Waals surface area contributed by atoms with Gasteiger partial charge in [0.1, 0.15) is 0 Å². The van der Waals surface area contributed by atoms with Crippen molar-refractivity contribution in [1.82, 2.24) is 10.2 Å². The molecule has 0 radical (unpaired) electrons. The lowest BCUT2D eigenvalue weighted by Gasteiger charge is -2.26. The average molecular weight is 270 g/mol. The maximum Gasteiger partial charge on any atom is 0.160 e. The summed E-state index contributed by atoms with van der Waals surface area (Å²) in [5, 5.41) is 3.13. The molecule has 1 aromatic rings. The highest BCUT2D eigenvalue weighted by Crippen LogP contribution is 2.11. The van der Waals surface area contributed by atoms with E-state index < -0.39 is 0 Å². The van der Waals surface area contributed by atoms with Crippen LogP contribution in [0.3, 0.4) is 0 Å². The highest BCUT2D eigenvalue weighted by molar-refractivity contribution is 7.13. The summed E-state index contributed by atoms with van der Waals surface area (Å²) in [4.78, 5) is 14.4. The van der Waals surface area contributed by atoms with Crippen LogP contribution in [0.5, 0.6) is 0 Å². The average Bonchev–Trinajstić information content (AvgIpc) is 2.84. The molecule has 1 aliphatic rings. The van der Waals surface area contributed by atoms with Gasteiger partial charge < -0.3 is 10.1 Å². The minimum absolute atomic E-state index is 0.808. The first-order chi connectivity index (χ1) is 8.76. The number of carbonyl (C=O) groups is 1. The Kier molecular flexibility index (Phi) is 7.84. The molecule has 1 aromatic heterocycles. The van der Waals surface area contributed by atoms with Gasteiger partial charge >= 0.3 is 0 Å². The first kappa shape index (κ1) is 15.3. The summed E-state index contributed by atoms with van der Waals surface area (Å²) in [6.45, 7) is 8.23. The number of thiophene rings is 1. The van der Waals surface area contributed by atoms with Crippen molar-refractivity contribution in [2.75, 3.05) is 46.4 Å². The van der Waals surface area contributed by atoms with Gasteiger partial charge in [-0.05, 0) is 26.1 Å². The molecular weight excluding hydrogens is 248 g/mol. The largest absolute Gasteiger partial charge is 0.379 e. The molecule has 5 heteroatoms. The van der Waals surface area contributed by atoms with Gasteiger partial charge in [0, 0.05) is 31.1 Å². The van der Waals surface area contributed by atoms with Gasteiger partial charge in [-0.15, -0.1) is 11.3 Å². The Balaban J connectivity index is 0.000000184. The molecule has 0 amide bonds. The molecule has 2 rings (SSSR count). The lowest BCUT2D eigenvalue weighted by atomic mass is 10.4. The van der Waals surface area contributed by atoms with Crippen LogP contribution in [0.1, 0.15) is 14.5 Å². The summed E-state index contributed by atoms with van der Waals surface area (Å²) >= 11 is 1.52. The zero-order valence-electron chi connectivity index (χ0n) is 11.1. The molecule has 102 valence electrons. The van der Waals surface area contributed by atoms with Crippen molar-refractivity contribution >= 4 is 17.6 Å². The molecule has 1 N–H and O–H groups in total. The second-order valence-corrected chi connectivity index (χ2v) is 5.44. The summed E-state index contributed by atoms with van der Waals surface area (Å²) in [5.74, 6) is 0. The highest BCUT2D eigenvalue weighted by Gasteiger charge is 2.07. The minimum Gasteiger partial charge on any atom is -0.379 e. The Labute approximate surface area is 113 Å². The van der Waals surface area contributed by atoms with Gasteiger partial charge in [0.15, 0.2) is 6.29 Å². The molecule has 0 aromatic carbocycles. The second-order valence-electron chi connectivity index (χ2n) is 4.12. The zero-order valence-corrected chi connectivity index (χ0v) is 12.0. The first-order valence-corrected chi connectivity index (χ1v) is 7.04. The van der Waals surface area contributed by atoms with E-state index in [1.165, 1.54) is 16.2 Å². The molecule has 2 heterocycles. The number of aryl methyl sites for hydroxylation is 1. The molecule has 1 aliphatic heterocycles. The SMILES string of the molecule is CNCCN1CCOCC1.Cc1ccc(C=O)s1. The van der Waals surface area contributed by atoms with Crippen molar-refractivity contribution in [3.63, 3.8) is 0 Å². The number of likely N-dealkylation sites (N-methyl/N-ethyl adjacent to an activating group) is 1. The van der Waals surface area contributed by atoms with E-state index >= 15 is 0 Å². The second kappa shape index (κ2) is 9.22. The fraction of sp³-hybridized carbons (Fsp3) is 0.615. The Morgan fingerprint density at radius 1 is 1.44 bits per heavy atom. The van der Waals surface area contributed by atoms with Crippen LogP contribution in [0.15, 0.2) is 12.1 Å². The fourth-order valence-electron chi connectivity index (χ4n) is 1.61. The third-order valence-electron chi connectivity index (χ3n) is 2.66. The van der Waals surface area contributed by atoms with Gasteiger partial charge in [0.2, 0.25) is 0 Å². The van der Waals surface area contributed by atoms with Crippen LogP contribution < -0.4 is 5.32 Å². The zero-order chi connectivity index (χ0) is 13.2. The van der Waals surface area contributed by atoms with E-state index in [0.717, 1.165) is 50.6 Å². The maximum absolute atomic E-state index is 10.0. The standard InChI is InChI=1S/C7H16N2O.C6H6OS/c1-8-2-3-9-4-6-10-7-5-9;1-5-2-3-6(4-7)8-5/h8H,2-7H2,1H3;2-4H,1H3. The van der Waals surface area contributed by atoms with Gasteiger partial charge in [-0.3, -0.25) is 9.69 Å². The van der Waals surface area contributed by atoms with Crippen molar-refractivity contribution in [2.45, 2.75) is 6.92 Å². The van der Waals surface area contributed by atoms with E-state index in [9.17, 15) is 4.79 Å². The summed E-state index contributed by atoms with van der Waals surface area (Å²) in [6, 6.07) is 3.77. The Bertz CT molecular complexity index is 335. The number of hydrogen-bond acceptors (Lipinski definition) is 5. The number of morpholine rings is 1. The Morgan fingerprint density at radius 2 is 2.17 bits per heavy atom. The van der Waals surface area contributed by atoms with E-state index in [-0.39, 0.29) is 0 Å². The van der Waals surface area contributed by atoms with E-state index in [1.54, 1.807) is 0 Å². The lowest BCUT2D eigenvalue weighted by Crippen LogP contribution is -2.39. The molecule has 1 fully saturated rings. The molecule has 0 bridgehead atoms. The van der Waals surface area contributed by atoms with Crippen LogP contribution in [0.4, 0.5) is 0 Å². The van der Waals surface area contributed by atoms with Crippen molar-refractivity contribution in [2.24, 2.45) is 0 Å². The first-order valence-electron chi connectivity index (χ1n) is 6.22. The summed E-state index contributed by atoms with van der Waals surface area (Å²) < 4.78 is 5.22. The molecule has 0 atom stereocenters. The van der Waals surface area contributed by atoms with Gasteiger partial charge in [0.25, 0.3) is 0 Å². The molecule has 1 saturated heterocycles. The van der Waals surface area contributed by atoms with Gasteiger partial charge in [-0.2, -0.15) is 0 Å². The number of nitrogens with one attached hydrogen (secondary N) is 1. The monoisotopic (exact) mass is 270 g/mol. The van der Waals surface area contributed by atoms with Crippen molar-refractivity contribution in [3.05, 3.63) is 21.9 Å². The molecular formula is C13H22N2O2S. The van der Waals surface area contributed by atoms with Gasteiger partial charge in [-0.1, -0.05) is 0 Å². The number of ether oxygens (including phenoxy) is 1. The van der Waals surface area contributed by atoms with Crippen molar-refractivity contribution in [1.29, 1.82) is 0 Å². The highest BCUT2D eigenvalue weighted by atomic mass is 32.1. The van der Waals surface area contributed by atoms with E-state index in [1.807, 2.05) is 26.1 Å². The van der Waals surface area contributed by atoms with Crippen LogP contribution in [0.2, 0.25) is 0 Å². The van der Waals surface area contributed by atoms with E-state index in [2.05, 4.69) is 10.2 Å². The fourth-order valence-corrected chi connectivity index (χ4v) is 2.30. The van der Waals surface area contributed by atoms with Crippen molar-refractivity contribution < 1.29 is 9.53 Å². The van der Waals surface area contributed by atoms with Crippen LogP contribution in [0, 0.1) is 6.92 Å². The van der Waals surface area contributed by atoms with Gasteiger partial charge in [0.05, 0.1) is 18.1 Å². The molecule has 0 spiro atoms. The van der Waals surface area contributed by atoms with E-state index in [4.69, 9.17) is 4.74 Å². The van der Waals surface area contributed by atoms with Crippen LogP contribution in [-0.2, 0) is 4.74 Å². The third-order valence-corrected chi connectivity index (χ3v) is 3.59. The topological polar surface area (TPSA) is 41.6 Å². The molecule has 0 saturated carbocycles. The third kappa shape index (κ3) is 6.26. The van der Waals surface area contributed by atoms with Crippen molar-refractivity contribution in [3.8, 4) is 0 Å². The number of aldehydes is 1. The number of rotatable bonds is 4. The molecule has 4 nitrogen and oxygen atoms in total. The summed E-state index contributed by atoms with van der Waals surface area (Å²) in [7, 11) is 1.99. The smallest absolute Gasteiger partial charge is 0.160 e. The lowest BCUT2D eigenvalue weighted by molar-refractivity contribution is 0.0386. The maximum atomic E-state index is 10.0. The predicted molar refractivity (Wildman–Crippen MR) is 75.6 cm³/mol. The summed E-state index contributed by atoms with van der Waals surface area (Å²) in [5.41, 5.74) is 0. The van der Waals surface area contributed by atoms with Crippen LogP contribution in [0.25, 0.3) is 0 Å². The predicted octanol–water partition coefficient (Wildman–Crippen LogP) is 1.41. The molecule has 0 aliphatic carbocycles. The minimum atomic E-state index is 0.808. The van der Waals surface area contributed by atoms with Gasteiger partial charge in [-0.25, -0.2) is 0 Å². The Hall–Kier alpha value is -0.750. The summed E-state index contributed by atoms with van der Waals surface area (Å²) in [6.07, 6.45) is 0.873. The van der Waals surface area contributed by atoms with Crippen LogP contribution in [-0.4, -0.2) is 57.6 Å². The molecule has 0 unspecified atom stereocenters. The number of nitrogens with zero attached hydrogens (tertiary/aromatic N) is 1. The number of hydrogen-bond donors (Lipinski definition) is 1. The normalized spacial score (nSPS) is 15.9.